The van der Waals surface area contributed by atoms with E-state index in [0.717, 1.165) is 12.8 Å². The monoisotopic (exact) mass is 184 g/mol. The lowest BCUT2D eigenvalue weighted by atomic mass is 9.96. The van der Waals surface area contributed by atoms with Crippen molar-refractivity contribution in [2.24, 2.45) is 0 Å². The van der Waals surface area contributed by atoms with Gasteiger partial charge in [0.05, 0.1) is 0 Å². The Hall–Kier alpha value is -0.240. The number of carbonyl (C=O) groups excluding carboxylic acids is 1. The molecule has 0 unspecified atom stereocenters. The Morgan fingerprint density at radius 2 is 2.33 bits per heavy atom. The van der Waals surface area contributed by atoms with Crippen LogP contribution >= 0.6 is 12.6 Å². The Morgan fingerprint density at radius 3 is 2.92 bits per heavy atom. The third kappa shape index (κ3) is 3.96. The minimum Gasteiger partial charge on any atom is -0.288 e. The smallest absolute Gasteiger partial charge is 0.185 e. The van der Waals surface area contributed by atoms with E-state index in [4.69, 9.17) is 0 Å². The van der Waals surface area contributed by atoms with Gasteiger partial charge >= 0.3 is 0 Å². The van der Waals surface area contributed by atoms with E-state index in [1.165, 1.54) is 25.7 Å². The second-order valence-electron chi connectivity index (χ2n) is 3.36. The van der Waals surface area contributed by atoms with Crippen molar-refractivity contribution < 1.29 is 4.79 Å². The number of carbonyl (C=O) groups is 1. The highest BCUT2D eigenvalue weighted by molar-refractivity contribution is 7.96. The summed E-state index contributed by atoms with van der Waals surface area (Å²) in [4.78, 5) is 10.5. The van der Waals surface area contributed by atoms with E-state index in [1.54, 1.807) is 5.57 Å². The van der Waals surface area contributed by atoms with Gasteiger partial charge in [0, 0.05) is 6.42 Å². The summed E-state index contributed by atoms with van der Waals surface area (Å²) in [7, 11) is 0. The molecule has 0 saturated carbocycles. The predicted molar refractivity (Wildman–Crippen MR) is 54.4 cm³/mol. The standard InChI is InChI=1S/C10H16OS/c11-10(12)8-4-7-9-5-2-1-3-6-9/h5H,1-4,6-8H2,(H,11,12). The maximum absolute atomic E-state index is 10.5. The molecule has 68 valence electrons. The molecule has 0 saturated heterocycles. The lowest BCUT2D eigenvalue weighted by Gasteiger charge is -2.11. The molecule has 0 aliphatic heterocycles. The highest BCUT2D eigenvalue weighted by Crippen LogP contribution is 2.21. The third-order valence-corrected chi connectivity index (χ3v) is 2.50. The van der Waals surface area contributed by atoms with E-state index in [0.29, 0.717) is 6.42 Å². The van der Waals surface area contributed by atoms with Crippen molar-refractivity contribution >= 4 is 17.7 Å². The highest BCUT2D eigenvalue weighted by atomic mass is 32.1. The Morgan fingerprint density at radius 1 is 1.50 bits per heavy atom. The largest absolute Gasteiger partial charge is 0.288 e. The summed E-state index contributed by atoms with van der Waals surface area (Å²) in [6, 6.07) is 0. The summed E-state index contributed by atoms with van der Waals surface area (Å²) in [6.07, 6.45) is 10.2. The summed E-state index contributed by atoms with van der Waals surface area (Å²) in [6.45, 7) is 0. The van der Waals surface area contributed by atoms with Crippen LogP contribution in [-0.2, 0) is 4.79 Å². The molecular formula is C10H16OS. The van der Waals surface area contributed by atoms with Gasteiger partial charge in [-0.25, -0.2) is 0 Å². The molecular weight excluding hydrogens is 168 g/mol. The summed E-state index contributed by atoms with van der Waals surface area (Å²) in [5.74, 6) is 0. The Kier molecular flexibility index (Phi) is 4.44. The molecule has 12 heavy (non-hydrogen) atoms. The molecule has 1 aliphatic rings. The summed E-state index contributed by atoms with van der Waals surface area (Å²) >= 11 is 3.74. The van der Waals surface area contributed by atoms with Crippen LogP contribution in [-0.4, -0.2) is 5.12 Å². The van der Waals surface area contributed by atoms with Gasteiger partial charge in [-0.15, -0.1) is 12.6 Å². The van der Waals surface area contributed by atoms with Gasteiger partial charge in [0.25, 0.3) is 0 Å². The molecule has 2 heteroatoms. The molecule has 0 aromatic carbocycles. The van der Waals surface area contributed by atoms with E-state index >= 15 is 0 Å². The van der Waals surface area contributed by atoms with Gasteiger partial charge in [-0.2, -0.15) is 0 Å². The van der Waals surface area contributed by atoms with Crippen LogP contribution < -0.4 is 0 Å². The quantitative estimate of drug-likeness (QED) is 0.525. The van der Waals surface area contributed by atoms with Gasteiger partial charge in [0.15, 0.2) is 5.12 Å². The van der Waals surface area contributed by atoms with E-state index in [2.05, 4.69) is 18.7 Å². The molecule has 1 aliphatic carbocycles. The molecule has 1 nitrogen and oxygen atoms in total. The molecule has 0 heterocycles. The molecule has 0 N–H and O–H groups in total. The van der Waals surface area contributed by atoms with Gasteiger partial charge in [-0.1, -0.05) is 11.6 Å². The maximum atomic E-state index is 10.5. The first-order chi connectivity index (χ1) is 5.79. The lowest BCUT2D eigenvalue weighted by molar-refractivity contribution is -0.110. The first-order valence-electron chi connectivity index (χ1n) is 4.69. The van der Waals surface area contributed by atoms with Crippen LogP contribution in [0.25, 0.3) is 0 Å². The van der Waals surface area contributed by atoms with Gasteiger partial charge < -0.3 is 0 Å². The summed E-state index contributed by atoms with van der Waals surface area (Å²) in [5, 5.41) is 0.0198. The zero-order chi connectivity index (χ0) is 8.81. The predicted octanol–water partition coefficient (Wildman–Crippen LogP) is 3.11. The average Bonchev–Trinajstić information content (AvgIpc) is 2.05. The van der Waals surface area contributed by atoms with Crippen LogP contribution in [0.1, 0.15) is 44.9 Å². The molecule has 0 aromatic rings. The molecule has 1 rings (SSSR count). The molecule has 0 amide bonds. The van der Waals surface area contributed by atoms with Gasteiger partial charge in [-0.05, 0) is 38.5 Å². The maximum Gasteiger partial charge on any atom is 0.185 e. The second-order valence-corrected chi connectivity index (χ2v) is 3.85. The zero-order valence-corrected chi connectivity index (χ0v) is 8.28. The second kappa shape index (κ2) is 5.41. The first kappa shape index (κ1) is 9.85. The Bertz CT molecular complexity index is 184. The topological polar surface area (TPSA) is 17.1 Å². The fourth-order valence-corrected chi connectivity index (χ4v) is 1.76. The number of allylic oxidation sites excluding steroid dienone is 2. The van der Waals surface area contributed by atoms with Crippen LogP contribution in [0.15, 0.2) is 11.6 Å². The molecule has 0 spiro atoms. The summed E-state index contributed by atoms with van der Waals surface area (Å²) < 4.78 is 0. The number of thiol groups is 1. The molecule has 0 radical (unpaired) electrons. The number of rotatable bonds is 4. The fraction of sp³-hybridized carbons (Fsp3) is 0.700. The van der Waals surface area contributed by atoms with Crippen molar-refractivity contribution in [2.75, 3.05) is 0 Å². The molecule has 0 aromatic heterocycles. The highest BCUT2D eigenvalue weighted by Gasteiger charge is 2.03. The van der Waals surface area contributed by atoms with Gasteiger partial charge in [0.1, 0.15) is 0 Å². The van der Waals surface area contributed by atoms with Crippen molar-refractivity contribution in [1.82, 2.24) is 0 Å². The Balaban J connectivity index is 2.13. The van der Waals surface area contributed by atoms with Gasteiger partial charge in [-0.3, -0.25) is 4.79 Å². The van der Waals surface area contributed by atoms with E-state index in [1.807, 2.05) is 0 Å². The van der Waals surface area contributed by atoms with E-state index < -0.39 is 0 Å². The van der Waals surface area contributed by atoms with E-state index in [-0.39, 0.29) is 5.12 Å². The normalized spacial score (nSPS) is 17.2. The summed E-state index contributed by atoms with van der Waals surface area (Å²) in [5.41, 5.74) is 1.55. The fourth-order valence-electron chi connectivity index (χ4n) is 1.60. The first-order valence-corrected chi connectivity index (χ1v) is 5.13. The van der Waals surface area contributed by atoms with Gasteiger partial charge in [0.2, 0.25) is 0 Å². The zero-order valence-electron chi connectivity index (χ0n) is 7.38. The van der Waals surface area contributed by atoms with Crippen molar-refractivity contribution in [3.8, 4) is 0 Å². The minimum atomic E-state index is 0.0198. The van der Waals surface area contributed by atoms with Crippen LogP contribution in [0.2, 0.25) is 0 Å². The van der Waals surface area contributed by atoms with Crippen LogP contribution in [0.3, 0.4) is 0 Å². The number of hydrogen-bond acceptors (Lipinski definition) is 1. The third-order valence-electron chi connectivity index (χ3n) is 2.27. The van der Waals surface area contributed by atoms with Crippen molar-refractivity contribution in [3.63, 3.8) is 0 Å². The number of hydrogen-bond donors (Lipinski definition) is 1. The lowest BCUT2D eigenvalue weighted by Crippen LogP contribution is -1.93. The van der Waals surface area contributed by atoms with Crippen LogP contribution in [0.5, 0.6) is 0 Å². The van der Waals surface area contributed by atoms with Crippen LogP contribution in [0, 0.1) is 0 Å². The SMILES string of the molecule is O=C(S)CCCC1=CCCCC1. The van der Waals surface area contributed by atoms with Crippen LogP contribution in [0.4, 0.5) is 0 Å². The van der Waals surface area contributed by atoms with Crippen molar-refractivity contribution in [2.45, 2.75) is 44.9 Å². The van der Waals surface area contributed by atoms with Crippen molar-refractivity contribution in [1.29, 1.82) is 0 Å². The average molecular weight is 184 g/mol. The van der Waals surface area contributed by atoms with Crippen molar-refractivity contribution in [3.05, 3.63) is 11.6 Å². The molecule has 0 atom stereocenters. The Labute approximate surface area is 79.6 Å². The molecule has 0 fully saturated rings. The molecule has 0 bridgehead atoms. The minimum absolute atomic E-state index is 0.0198. The van der Waals surface area contributed by atoms with E-state index in [9.17, 15) is 4.79 Å².